The highest BCUT2D eigenvalue weighted by atomic mass is 79.9. The minimum Gasteiger partial charge on any atom is -0.492 e. The zero-order chi connectivity index (χ0) is 14.6. The minimum atomic E-state index is 0.161. The maximum Gasteiger partial charge on any atom is 0.134 e. The van der Waals surface area contributed by atoms with Crippen molar-refractivity contribution in [1.82, 2.24) is 0 Å². The Hall–Kier alpha value is -0.670. The van der Waals surface area contributed by atoms with Crippen molar-refractivity contribution in [1.29, 1.82) is 0 Å². The van der Waals surface area contributed by atoms with Gasteiger partial charge in [-0.2, -0.15) is 12.6 Å². The standard InChI is InChI=1S/C17H21BrOS/c1-3-17(4-2,12-20)11-19-15-10-9-13-7-5-6-8-14(13)16(15)18/h5-10,20H,3-4,11-12H2,1-2H3. The first kappa shape index (κ1) is 15.7. The van der Waals surface area contributed by atoms with Crippen molar-refractivity contribution < 1.29 is 4.74 Å². The van der Waals surface area contributed by atoms with Gasteiger partial charge in [0.2, 0.25) is 0 Å². The highest BCUT2D eigenvalue weighted by molar-refractivity contribution is 9.10. The predicted octanol–water partition coefficient (Wildman–Crippen LogP) is 5.72. The van der Waals surface area contributed by atoms with E-state index in [1.807, 2.05) is 12.1 Å². The van der Waals surface area contributed by atoms with Crippen molar-refractivity contribution in [3.05, 3.63) is 40.9 Å². The summed E-state index contributed by atoms with van der Waals surface area (Å²) >= 11 is 8.17. The quantitative estimate of drug-likeness (QED) is 0.654. The molecule has 0 radical (unpaired) electrons. The van der Waals surface area contributed by atoms with Crippen LogP contribution in [0.3, 0.4) is 0 Å². The molecule has 1 nitrogen and oxygen atoms in total. The van der Waals surface area contributed by atoms with Crippen LogP contribution in [0.15, 0.2) is 40.9 Å². The third-order valence-corrected chi connectivity index (χ3v) is 5.69. The van der Waals surface area contributed by atoms with Crippen LogP contribution in [0.4, 0.5) is 0 Å². The summed E-state index contributed by atoms with van der Waals surface area (Å²) in [5.41, 5.74) is 0.161. The molecule has 0 atom stereocenters. The summed E-state index contributed by atoms with van der Waals surface area (Å²) in [6, 6.07) is 12.5. The van der Waals surface area contributed by atoms with Crippen LogP contribution in [0.5, 0.6) is 5.75 Å². The van der Waals surface area contributed by atoms with Crippen molar-refractivity contribution in [2.24, 2.45) is 5.41 Å². The summed E-state index contributed by atoms with van der Waals surface area (Å²) in [5.74, 6) is 1.77. The highest BCUT2D eigenvalue weighted by Gasteiger charge is 2.25. The van der Waals surface area contributed by atoms with Crippen LogP contribution in [0.25, 0.3) is 10.8 Å². The van der Waals surface area contributed by atoms with Gasteiger partial charge in [-0.3, -0.25) is 0 Å². The van der Waals surface area contributed by atoms with E-state index < -0.39 is 0 Å². The number of benzene rings is 2. The van der Waals surface area contributed by atoms with Crippen LogP contribution in [-0.2, 0) is 0 Å². The van der Waals surface area contributed by atoms with Gasteiger partial charge >= 0.3 is 0 Å². The molecule has 0 aromatic heterocycles. The van der Waals surface area contributed by atoms with Gasteiger partial charge in [-0.15, -0.1) is 0 Å². The molecule has 108 valence electrons. The monoisotopic (exact) mass is 352 g/mol. The molecular weight excluding hydrogens is 332 g/mol. The lowest BCUT2D eigenvalue weighted by atomic mass is 9.85. The highest BCUT2D eigenvalue weighted by Crippen LogP contribution is 2.35. The fourth-order valence-corrected chi connectivity index (χ4v) is 3.43. The van der Waals surface area contributed by atoms with Crippen molar-refractivity contribution in [2.45, 2.75) is 26.7 Å². The van der Waals surface area contributed by atoms with Crippen LogP contribution < -0.4 is 4.74 Å². The second kappa shape index (κ2) is 6.86. The molecule has 0 aliphatic heterocycles. The van der Waals surface area contributed by atoms with Gasteiger partial charge in [0.15, 0.2) is 0 Å². The zero-order valence-corrected chi connectivity index (χ0v) is 14.5. The molecule has 0 heterocycles. The molecule has 0 saturated carbocycles. The molecule has 0 unspecified atom stereocenters. The second-order valence-electron chi connectivity index (χ2n) is 5.25. The van der Waals surface area contributed by atoms with E-state index >= 15 is 0 Å². The van der Waals surface area contributed by atoms with Gasteiger partial charge < -0.3 is 4.74 Å². The Labute approximate surface area is 135 Å². The van der Waals surface area contributed by atoms with Gasteiger partial charge in [-0.1, -0.05) is 44.2 Å². The Morgan fingerprint density at radius 1 is 1.10 bits per heavy atom. The van der Waals surface area contributed by atoms with Crippen LogP contribution in [0, 0.1) is 5.41 Å². The first-order chi connectivity index (χ1) is 9.65. The molecule has 0 saturated heterocycles. The maximum atomic E-state index is 6.09. The molecule has 3 heteroatoms. The van der Waals surface area contributed by atoms with Gasteiger partial charge in [0.05, 0.1) is 11.1 Å². The Morgan fingerprint density at radius 3 is 2.45 bits per heavy atom. The number of hydrogen-bond donors (Lipinski definition) is 1. The zero-order valence-electron chi connectivity index (χ0n) is 12.0. The normalized spacial score (nSPS) is 11.8. The van der Waals surface area contributed by atoms with Crippen LogP contribution >= 0.6 is 28.6 Å². The average molecular weight is 353 g/mol. The van der Waals surface area contributed by atoms with E-state index in [0.717, 1.165) is 28.8 Å². The molecule has 0 bridgehead atoms. The van der Waals surface area contributed by atoms with E-state index in [4.69, 9.17) is 4.74 Å². The summed E-state index contributed by atoms with van der Waals surface area (Å²) in [4.78, 5) is 0. The molecule has 2 aromatic rings. The number of ether oxygens (including phenoxy) is 1. The Kier molecular flexibility index (Phi) is 5.39. The molecule has 2 rings (SSSR count). The SMILES string of the molecule is CCC(CC)(CS)COc1ccc2ccccc2c1Br. The summed E-state index contributed by atoms with van der Waals surface area (Å²) < 4.78 is 7.13. The number of fused-ring (bicyclic) bond motifs is 1. The molecule has 0 amide bonds. The van der Waals surface area contributed by atoms with Gasteiger partial charge in [0.25, 0.3) is 0 Å². The topological polar surface area (TPSA) is 9.23 Å². The van der Waals surface area contributed by atoms with E-state index in [0.29, 0.717) is 6.61 Å². The summed E-state index contributed by atoms with van der Waals surface area (Å²) in [7, 11) is 0. The van der Waals surface area contributed by atoms with Crippen LogP contribution in [-0.4, -0.2) is 12.4 Å². The lowest BCUT2D eigenvalue weighted by molar-refractivity contribution is 0.156. The molecule has 0 aliphatic carbocycles. The first-order valence-electron chi connectivity index (χ1n) is 7.06. The fraction of sp³-hybridized carbons (Fsp3) is 0.412. The summed E-state index contributed by atoms with van der Waals surface area (Å²) in [6.45, 7) is 5.12. The Bertz CT molecular complexity index is 570. The van der Waals surface area contributed by atoms with Crippen molar-refractivity contribution in [3.8, 4) is 5.75 Å². The van der Waals surface area contributed by atoms with Crippen LogP contribution in [0.1, 0.15) is 26.7 Å². The van der Waals surface area contributed by atoms with Gasteiger partial charge in [0.1, 0.15) is 5.75 Å². The molecular formula is C17H21BrOS. The summed E-state index contributed by atoms with van der Waals surface area (Å²) in [5, 5.41) is 2.41. The van der Waals surface area contributed by atoms with E-state index in [1.54, 1.807) is 0 Å². The van der Waals surface area contributed by atoms with Crippen LogP contribution in [0.2, 0.25) is 0 Å². The first-order valence-corrected chi connectivity index (χ1v) is 8.49. The van der Waals surface area contributed by atoms with Crippen molar-refractivity contribution >= 4 is 39.3 Å². The number of thiol groups is 1. The lowest BCUT2D eigenvalue weighted by Crippen LogP contribution is -2.29. The van der Waals surface area contributed by atoms with E-state index in [-0.39, 0.29) is 5.41 Å². The Balaban J connectivity index is 2.24. The molecule has 2 aromatic carbocycles. The average Bonchev–Trinajstić information content (AvgIpc) is 2.51. The van der Waals surface area contributed by atoms with E-state index in [1.165, 1.54) is 10.8 Å². The molecule has 0 spiro atoms. The smallest absolute Gasteiger partial charge is 0.134 e. The van der Waals surface area contributed by atoms with Gasteiger partial charge in [0, 0.05) is 5.41 Å². The fourth-order valence-electron chi connectivity index (χ4n) is 2.28. The second-order valence-corrected chi connectivity index (χ2v) is 6.36. The van der Waals surface area contributed by atoms with Gasteiger partial charge in [-0.05, 0) is 51.4 Å². The minimum absolute atomic E-state index is 0.161. The summed E-state index contributed by atoms with van der Waals surface area (Å²) in [6.07, 6.45) is 2.16. The van der Waals surface area contributed by atoms with Crippen molar-refractivity contribution in [2.75, 3.05) is 12.4 Å². The maximum absolute atomic E-state index is 6.09. The number of rotatable bonds is 6. The third kappa shape index (κ3) is 3.15. The number of halogens is 1. The third-order valence-electron chi connectivity index (χ3n) is 4.20. The largest absolute Gasteiger partial charge is 0.492 e. The van der Waals surface area contributed by atoms with E-state index in [9.17, 15) is 0 Å². The molecule has 0 N–H and O–H groups in total. The van der Waals surface area contributed by atoms with Crippen molar-refractivity contribution in [3.63, 3.8) is 0 Å². The molecule has 0 fully saturated rings. The molecule has 0 aliphatic rings. The predicted molar refractivity (Wildman–Crippen MR) is 94.0 cm³/mol. The van der Waals surface area contributed by atoms with Gasteiger partial charge in [-0.25, -0.2) is 0 Å². The Morgan fingerprint density at radius 2 is 1.80 bits per heavy atom. The van der Waals surface area contributed by atoms with E-state index in [2.05, 4.69) is 66.7 Å². The lowest BCUT2D eigenvalue weighted by Gasteiger charge is -2.29. The number of hydrogen-bond acceptors (Lipinski definition) is 2. The molecule has 20 heavy (non-hydrogen) atoms.